The molecule has 0 aliphatic rings. The van der Waals surface area contributed by atoms with E-state index in [9.17, 15) is 9.59 Å². The highest BCUT2D eigenvalue weighted by Gasteiger charge is 2.10. The number of hydrogen-bond donors (Lipinski definition) is 1. The number of carbonyl (C=O) groups excluding carboxylic acids is 2. The summed E-state index contributed by atoms with van der Waals surface area (Å²) in [4.78, 5) is 23.5. The third kappa shape index (κ3) is 5.20. The van der Waals surface area contributed by atoms with Gasteiger partial charge in [0.25, 0.3) is 5.91 Å². The summed E-state index contributed by atoms with van der Waals surface area (Å²) >= 11 is 3.39. The fourth-order valence-electron chi connectivity index (χ4n) is 2.21. The van der Waals surface area contributed by atoms with Crippen LogP contribution in [0, 0.1) is 0 Å². The normalized spacial score (nSPS) is 11.6. The molecule has 0 aliphatic heterocycles. The molecule has 0 fully saturated rings. The summed E-state index contributed by atoms with van der Waals surface area (Å²) in [5.74, 6) is 0.454. The summed E-state index contributed by atoms with van der Waals surface area (Å²) in [6.45, 7) is 3.68. The van der Waals surface area contributed by atoms with Gasteiger partial charge in [-0.15, -0.1) is 0 Å². The van der Waals surface area contributed by atoms with Crippen LogP contribution in [-0.4, -0.2) is 18.3 Å². The van der Waals surface area contributed by atoms with Gasteiger partial charge in [-0.1, -0.05) is 35.0 Å². The second-order valence-electron chi connectivity index (χ2n) is 5.43. The van der Waals surface area contributed by atoms with E-state index in [1.807, 2.05) is 38.1 Å². The molecule has 1 amide bonds. The van der Waals surface area contributed by atoms with Crippen LogP contribution in [-0.2, 0) is 4.79 Å². The fraction of sp³-hybridized carbons (Fsp3) is 0.263. The van der Waals surface area contributed by atoms with Crippen LogP contribution >= 0.6 is 15.9 Å². The molecule has 2 rings (SSSR count). The largest absolute Gasteiger partial charge is 0.484 e. The maximum Gasteiger partial charge on any atom is 0.258 e. The van der Waals surface area contributed by atoms with Gasteiger partial charge in [0, 0.05) is 16.5 Å². The second-order valence-corrected chi connectivity index (χ2v) is 6.35. The van der Waals surface area contributed by atoms with E-state index >= 15 is 0 Å². The molecule has 0 radical (unpaired) electrons. The number of ether oxygens (including phenoxy) is 1. The van der Waals surface area contributed by atoms with Crippen molar-refractivity contribution in [3.63, 3.8) is 0 Å². The molecule has 1 atom stereocenters. The molecular formula is C19H20BrNO3. The Morgan fingerprint density at radius 1 is 1.08 bits per heavy atom. The quantitative estimate of drug-likeness (QED) is 0.718. The van der Waals surface area contributed by atoms with E-state index < -0.39 is 0 Å². The smallest absolute Gasteiger partial charge is 0.258 e. The molecule has 0 aromatic heterocycles. The first-order valence-electron chi connectivity index (χ1n) is 7.80. The van der Waals surface area contributed by atoms with E-state index in [0.717, 1.165) is 10.0 Å². The summed E-state index contributed by atoms with van der Waals surface area (Å²) in [5.41, 5.74) is 1.67. The number of halogens is 1. The Hall–Kier alpha value is -2.14. The van der Waals surface area contributed by atoms with Crippen molar-refractivity contribution in [3.05, 3.63) is 64.1 Å². The van der Waals surface area contributed by atoms with E-state index in [1.54, 1.807) is 24.3 Å². The molecule has 4 nitrogen and oxygen atoms in total. The molecule has 0 heterocycles. The second kappa shape index (κ2) is 8.64. The van der Waals surface area contributed by atoms with Crippen molar-refractivity contribution < 1.29 is 14.3 Å². The van der Waals surface area contributed by atoms with E-state index in [1.165, 1.54) is 0 Å². The lowest BCUT2D eigenvalue weighted by molar-refractivity contribution is -0.123. The first-order valence-corrected chi connectivity index (χ1v) is 8.59. The molecule has 24 heavy (non-hydrogen) atoms. The maximum atomic E-state index is 12.0. The van der Waals surface area contributed by atoms with E-state index in [2.05, 4.69) is 21.2 Å². The Morgan fingerprint density at radius 3 is 2.29 bits per heavy atom. The number of carbonyl (C=O) groups is 2. The average molecular weight is 390 g/mol. The third-order valence-electron chi connectivity index (χ3n) is 3.61. The van der Waals surface area contributed by atoms with Gasteiger partial charge >= 0.3 is 0 Å². The SMILES string of the molecule is CCC(=O)c1ccc(OCC(=O)N[C@@H](C)c2ccc(Br)cc2)cc1. The first kappa shape index (κ1) is 18.2. The van der Waals surface area contributed by atoms with Crippen molar-refractivity contribution >= 4 is 27.6 Å². The number of benzene rings is 2. The molecule has 1 N–H and O–H groups in total. The van der Waals surface area contributed by atoms with Gasteiger partial charge in [0.2, 0.25) is 0 Å². The molecule has 2 aromatic carbocycles. The summed E-state index contributed by atoms with van der Waals surface area (Å²) in [6, 6.07) is 14.5. The van der Waals surface area contributed by atoms with Crippen molar-refractivity contribution in [1.29, 1.82) is 0 Å². The molecule has 0 saturated carbocycles. The van der Waals surface area contributed by atoms with Crippen LogP contribution in [0.5, 0.6) is 5.75 Å². The van der Waals surface area contributed by atoms with Gasteiger partial charge in [0.1, 0.15) is 5.75 Å². The van der Waals surface area contributed by atoms with E-state index in [4.69, 9.17) is 4.74 Å². The summed E-state index contributed by atoms with van der Waals surface area (Å²) < 4.78 is 6.46. The lowest BCUT2D eigenvalue weighted by atomic mass is 10.1. The zero-order valence-corrected chi connectivity index (χ0v) is 15.3. The van der Waals surface area contributed by atoms with Crippen LogP contribution in [0.4, 0.5) is 0 Å². The standard InChI is InChI=1S/C19H20BrNO3/c1-3-18(22)15-6-10-17(11-7-15)24-12-19(23)21-13(2)14-4-8-16(20)9-5-14/h4-11,13H,3,12H2,1-2H3,(H,21,23)/t13-/m0/s1. The summed E-state index contributed by atoms with van der Waals surface area (Å²) in [7, 11) is 0. The highest BCUT2D eigenvalue weighted by atomic mass is 79.9. The zero-order valence-electron chi connectivity index (χ0n) is 13.7. The number of amides is 1. The van der Waals surface area contributed by atoms with Crippen molar-refractivity contribution in [3.8, 4) is 5.75 Å². The average Bonchev–Trinajstić information content (AvgIpc) is 2.60. The van der Waals surface area contributed by atoms with Crippen LogP contribution in [0.1, 0.15) is 42.2 Å². The van der Waals surface area contributed by atoms with Gasteiger partial charge in [-0.05, 0) is 48.9 Å². The van der Waals surface area contributed by atoms with E-state index in [0.29, 0.717) is 17.7 Å². The predicted octanol–water partition coefficient (Wildman–Crippen LogP) is 4.30. The van der Waals surface area contributed by atoms with Crippen molar-refractivity contribution in [2.75, 3.05) is 6.61 Å². The van der Waals surface area contributed by atoms with Crippen molar-refractivity contribution in [2.45, 2.75) is 26.3 Å². The Kier molecular flexibility index (Phi) is 6.55. The fourth-order valence-corrected chi connectivity index (χ4v) is 2.47. The Balaban J connectivity index is 1.84. The van der Waals surface area contributed by atoms with Gasteiger partial charge in [-0.3, -0.25) is 9.59 Å². The lowest BCUT2D eigenvalue weighted by Gasteiger charge is -2.15. The minimum Gasteiger partial charge on any atom is -0.484 e. The minimum absolute atomic E-state index is 0.0675. The molecular weight excluding hydrogens is 370 g/mol. The Morgan fingerprint density at radius 2 is 1.71 bits per heavy atom. The predicted molar refractivity (Wildman–Crippen MR) is 97.3 cm³/mol. The van der Waals surface area contributed by atoms with Crippen LogP contribution in [0.3, 0.4) is 0 Å². The van der Waals surface area contributed by atoms with Gasteiger partial charge < -0.3 is 10.1 Å². The highest BCUT2D eigenvalue weighted by Crippen LogP contribution is 2.17. The number of Topliss-reactive ketones (excluding diaryl/α,β-unsaturated/α-hetero) is 1. The van der Waals surface area contributed by atoms with Crippen LogP contribution in [0.2, 0.25) is 0 Å². The Labute approximate surface area is 150 Å². The molecule has 126 valence electrons. The number of nitrogens with one attached hydrogen (secondary N) is 1. The van der Waals surface area contributed by atoms with E-state index in [-0.39, 0.29) is 24.3 Å². The first-order chi connectivity index (χ1) is 11.5. The highest BCUT2D eigenvalue weighted by molar-refractivity contribution is 9.10. The summed E-state index contributed by atoms with van der Waals surface area (Å²) in [5, 5.41) is 2.89. The number of rotatable bonds is 7. The van der Waals surface area contributed by atoms with Crippen LogP contribution in [0.25, 0.3) is 0 Å². The maximum absolute atomic E-state index is 12.0. The van der Waals surface area contributed by atoms with Crippen LogP contribution < -0.4 is 10.1 Å². The molecule has 5 heteroatoms. The van der Waals surface area contributed by atoms with Gasteiger partial charge in [0.05, 0.1) is 6.04 Å². The third-order valence-corrected chi connectivity index (χ3v) is 4.14. The Bertz CT molecular complexity index is 696. The minimum atomic E-state index is -0.195. The van der Waals surface area contributed by atoms with Gasteiger partial charge in [0.15, 0.2) is 12.4 Å². The molecule has 0 spiro atoms. The topological polar surface area (TPSA) is 55.4 Å². The van der Waals surface area contributed by atoms with Crippen molar-refractivity contribution in [2.24, 2.45) is 0 Å². The molecule has 0 unspecified atom stereocenters. The zero-order chi connectivity index (χ0) is 17.5. The van der Waals surface area contributed by atoms with Crippen LogP contribution in [0.15, 0.2) is 53.0 Å². The number of hydrogen-bond acceptors (Lipinski definition) is 3. The van der Waals surface area contributed by atoms with Gasteiger partial charge in [-0.2, -0.15) is 0 Å². The monoisotopic (exact) mass is 389 g/mol. The number of ketones is 1. The van der Waals surface area contributed by atoms with Crippen molar-refractivity contribution in [1.82, 2.24) is 5.32 Å². The molecule has 0 aliphatic carbocycles. The molecule has 2 aromatic rings. The van der Waals surface area contributed by atoms with Gasteiger partial charge in [-0.25, -0.2) is 0 Å². The lowest BCUT2D eigenvalue weighted by Crippen LogP contribution is -2.31. The molecule has 0 saturated heterocycles. The summed E-state index contributed by atoms with van der Waals surface area (Å²) in [6.07, 6.45) is 0.469. The molecule has 0 bridgehead atoms.